The predicted octanol–water partition coefficient (Wildman–Crippen LogP) is 2.46. The first-order valence-electron chi connectivity index (χ1n) is 14.1. The summed E-state index contributed by atoms with van der Waals surface area (Å²) >= 11 is 0. The van der Waals surface area contributed by atoms with Crippen LogP contribution in [0.4, 0.5) is 19.3 Å². The van der Waals surface area contributed by atoms with Gasteiger partial charge in [-0.15, -0.1) is 0 Å². The van der Waals surface area contributed by atoms with Crippen molar-refractivity contribution in [1.82, 2.24) is 24.7 Å². The molecule has 0 bridgehead atoms. The number of imidazole rings is 1. The highest BCUT2D eigenvalue weighted by Gasteiger charge is 2.27. The lowest BCUT2D eigenvalue weighted by molar-refractivity contribution is 0.0669. The van der Waals surface area contributed by atoms with Gasteiger partial charge in [0, 0.05) is 75.3 Å². The minimum absolute atomic E-state index is 0.0266. The summed E-state index contributed by atoms with van der Waals surface area (Å²) in [6.07, 6.45) is 2.21. The van der Waals surface area contributed by atoms with Crippen LogP contribution in [0.5, 0.6) is 5.75 Å². The van der Waals surface area contributed by atoms with Gasteiger partial charge in [0.05, 0.1) is 25.1 Å². The quantitative estimate of drug-likeness (QED) is 0.365. The number of aryl methyl sites for hydroxylation is 1. The van der Waals surface area contributed by atoms with Gasteiger partial charge in [0.1, 0.15) is 0 Å². The second-order valence-electron chi connectivity index (χ2n) is 10.7. The van der Waals surface area contributed by atoms with Gasteiger partial charge in [-0.3, -0.25) is 9.59 Å². The smallest absolute Gasteiger partial charge is 0.343 e. The third-order valence-electron chi connectivity index (χ3n) is 7.89. The fourth-order valence-corrected chi connectivity index (χ4v) is 5.28. The normalized spacial score (nSPS) is 18.6. The van der Waals surface area contributed by atoms with Crippen LogP contribution >= 0.6 is 0 Å². The van der Waals surface area contributed by atoms with Gasteiger partial charge in [-0.1, -0.05) is 0 Å². The minimum Gasteiger partial charge on any atom is -0.494 e. The predicted molar refractivity (Wildman–Crippen MR) is 158 cm³/mol. The van der Waals surface area contributed by atoms with Crippen molar-refractivity contribution in [1.29, 1.82) is 0 Å². The number of carbonyl (C=O) groups is 3. The van der Waals surface area contributed by atoms with Crippen molar-refractivity contribution < 1.29 is 33.0 Å². The van der Waals surface area contributed by atoms with Crippen LogP contribution < -0.4 is 15.4 Å². The average molecular weight is 610 g/mol. The first kappa shape index (κ1) is 30.8. The Morgan fingerprint density at radius 2 is 1.82 bits per heavy atom. The summed E-state index contributed by atoms with van der Waals surface area (Å²) in [7, 11) is 2.75. The number of rotatable bonds is 6. The van der Waals surface area contributed by atoms with Gasteiger partial charge >= 0.3 is 6.03 Å². The van der Waals surface area contributed by atoms with E-state index < -0.39 is 29.7 Å². The Labute approximate surface area is 252 Å². The summed E-state index contributed by atoms with van der Waals surface area (Å²) in [5.41, 5.74) is 1.64. The van der Waals surface area contributed by atoms with E-state index in [0.29, 0.717) is 56.1 Å². The molecule has 2 fully saturated rings. The van der Waals surface area contributed by atoms with E-state index in [1.54, 1.807) is 34.9 Å². The summed E-state index contributed by atoms with van der Waals surface area (Å²) in [4.78, 5) is 50.1. The van der Waals surface area contributed by atoms with Crippen molar-refractivity contribution in [3.63, 3.8) is 0 Å². The van der Waals surface area contributed by atoms with Crippen LogP contribution in [0.3, 0.4) is 0 Å². The van der Waals surface area contributed by atoms with Crippen LogP contribution in [0.15, 0.2) is 41.5 Å². The molecular formula is C30H33F2N7O5. The number of aliphatic hydroxyl groups is 1. The number of aliphatic imine (C=N–C) groups is 1. The number of piperazine rings is 1. The van der Waals surface area contributed by atoms with Crippen LogP contribution in [0, 0.1) is 24.5 Å². The Hall–Kier alpha value is -4.69. The zero-order valence-corrected chi connectivity index (χ0v) is 24.5. The average Bonchev–Trinajstić information content (AvgIpc) is 3.61. The molecule has 4 amide bonds. The van der Waals surface area contributed by atoms with Crippen LogP contribution in [-0.2, 0) is 7.05 Å². The molecule has 2 aliphatic rings. The number of amides is 4. The molecule has 14 heteroatoms. The summed E-state index contributed by atoms with van der Waals surface area (Å²) in [6, 6.07) is 7.13. The number of halogens is 2. The zero-order valence-electron chi connectivity index (χ0n) is 24.5. The van der Waals surface area contributed by atoms with Crippen molar-refractivity contribution in [2.45, 2.75) is 13.0 Å². The number of ether oxygens (including phenoxy) is 1. The highest BCUT2D eigenvalue weighted by molar-refractivity contribution is 6.03. The zero-order chi connectivity index (χ0) is 31.5. The lowest BCUT2D eigenvalue weighted by Crippen LogP contribution is -2.50. The van der Waals surface area contributed by atoms with E-state index >= 15 is 0 Å². The molecule has 0 spiro atoms. The van der Waals surface area contributed by atoms with E-state index in [4.69, 9.17) is 4.74 Å². The Bertz CT molecular complexity index is 1620. The van der Waals surface area contributed by atoms with Gasteiger partial charge in [-0.2, -0.15) is 4.39 Å². The van der Waals surface area contributed by atoms with Crippen LogP contribution in [0.2, 0.25) is 0 Å². The highest BCUT2D eigenvalue weighted by atomic mass is 19.2. The van der Waals surface area contributed by atoms with Gasteiger partial charge in [0.25, 0.3) is 11.8 Å². The summed E-state index contributed by atoms with van der Waals surface area (Å²) in [5, 5.41) is 15.6. The Morgan fingerprint density at radius 1 is 1.09 bits per heavy atom. The van der Waals surface area contributed by atoms with Crippen LogP contribution in [0.25, 0.3) is 11.3 Å². The number of methoxy groups -OCH3 is 1. The topological polar surface area (TPSA) is 141 Å². The standard InChI is InChI=1S/C30H33F2N7O5/c1-17-12-19(36-28(41)27-34-15-22(37(27)2)21-6-7-24(44-3)26(32)25(21)31)4-5-20(17)29(42)38-8-10-39(11-9-38)30(43)35-14-18-13-33-16-23(18)40/h4-7,12,14-15,18,23,33,40H,8-11,13,16H2,1-3H3,(H,36,41)/b35-14-. The molecule has 2 aromatic carbocycles. The molecule has 12 nitrogen and oxygen atoms in total. The van der Waals surface area contributed by atoms with Crippen molar-refractivity contribution in [2.24, 2.45) is 18.0 Å². The number of β-amino-alcohol motifs (C(OH)–C–C–N with tert-alkyl or cyclic N) is 1. The Kier molecular flexibility index (Phi) is 9.01. The number of nitrogens with one attached hydrogen (secondary N) is 2. The lowest BCUT2D eigenvalue weighted by atomic mass is 10.1. The second-order valence-corrected chi connectivity index (χ2v) is 10.7. The maximum absolute atomic E-state index is 14.6. The molecule has 0 radical (unpaired) electrons. The Morgan fingerprint density at radius 3 is 2.48 bits per heavy atom. The summed E-state index contributed by atoms with van der Waals surface area (Å²) < 4.78 is 35.1. The molecule has 5 rings (SSSR count). The first-order chi connectivity index (χ1) is 21.1. The third kappa shape index (κ3) is 6.17. The van der Waals surface area contributed by atoms with Gasteiger partial charge in [-0.05, 0) is 42.8 Å². The molecule has 2 saturated heterocycles. The van der Waals surface area contributed by atoms with Crippen LogP contribution in [0.1, 0.15) is 26.5 Å². The van der Waals surface area contributed by atoms with E-state index in [-0.39, 0.29) is 34.7 Å². The number of nitrogens with zero attached hydrogens (tertiary/aromatic N) is 5. The van der Waals surface area contributed by atoms with E-state index in [1.165, 1.54) is 43.3 Å². The van der Waals surface area contributed by atoms with Crippen molar-refractivity contribution >= 4 is 29.7 Å². The molecule has 3 aromatic rings. The number of anilines is 1. The molecule has 3 heterocycles. The van der Waals surface area contributed by atoms with Gasteiger partial charge in [-0.25, -0.2) is 19.2 Å². The van der Waals surface area contributed by atoms with Crippen LogP contribution in [-0.4, -0.2) is 101 Å². The maximum Gasteiger partial charge on any atom is 0.343 e. The van der Waals surface area contributed by atoms with Crippen molar-refractivity contribution in [3.05, 3.63) is 65.1 Å². The van der Waals surface area contributed by atoms with E-state index in [9.17, 15) is 28.3 Å². The third-order valence-corrected chi connectivity index (χ3v) is 7.89. The molecular weight excluding hydrogens is 576 g/mol. The number of hydrogen-bond donors (Lipinski definition) is 3. The molecule has 0 aliphatic carbocycles. The maximum atomic E-state index is 14.6. The van der Waals surface area contributed by atoms with E-state index in [0.717, 1.165) is 0 Å². The van der Waals surface area contributed by atoms with Crippen molar-refractivity contribution in [2.75, 3.05) is 51.7 Å². The molecule has 44 heavy (non-hydrogen) atoms. The first-order valence-corrected chi connectivity index (χ1v) is 14.1. The highest BCUT2D eigenvalue weighted by Crippen LogP contribution is 2.30. The fourth-order valence-electron chi connectivity index (χ4n) is 5.28. The molecule has 232 valence electrons. The van der Waals surface area contributed by atoms with Gasteiger partial charge < -0.3 is 34.8 Å². The number of urea groups is 1. The fraction of sp³-hybridized carbons (Fsp3) is 0.367. The summed E-state index contributed by atoms with van der Waals surface area (Å²) in [6.45, 7) is 4.14. The monoisotopic (exact) mass is 609 g/mol. The number of hydrogen-bond acceptors (Lipinski definition) is 7. The molecule has 3 N–H and O–H groups in total. The number of aromatic nitrogens is 2. The second kappa shape index (κ2) is 12.9. The molecule has 2 atom stereocenters. The summed E-state index contributed by atoms with van der Waals surface area (Å²) in [5.74, 6) is -3.49. The number of aliphatic hydroxyl groups excluding tert-OH is 1. The molecule has 0 saturated carbocycles. The van der Waals surface area contributed by atoms with Gasteiger partial charge in [0.15, 0.2) is 17.4 Å². The van der Waals surface area contributed by atoms with E-state index in [1.807, 2.05) is 0 Å². The SMILES string of the molecule is COc1ccc(-c2cnc(C(=O)Nc3ccc(C(=O)N4CCN(C(=O)/N=C\C5CNCC5O)CC4)c(C)c3)n2C)c(F)c1F. The molecule has 1 aromatic heterocycles. The lowest BCUT2D eigenvalue weighted by Gasteiger charge is -2.34. The van der Waals surface area contributed by atoms with Crippen molar-refractivity contribution in [3.8, 4) is 17.0 Å². The largest absolute Gasteiger partial charge is 0.494 e. The molecule has 2 aliphatic heterocycles. The Balaban J connectivity index is 1.20. The molecule has 2 unspecified atom stereocenters. The van der Waals surface area contributed by atoms with E-state index in [2.05, 4.69) is 20.6 Å². The minimum atomic E-state index is -1.14. The number of benzene rings is 2. The van der Waals surface area contributed by atoms with Gasteiger partial charge in [0.2, 0.25) is 5.82 Å². The number of carbonyl (C=O) groups excluding carboxylic acids is 3.